The number of carbonyl (C=O) groups excluding carboxylic acids is 2. The van der Waals surface area contributed by atoms with Crippen molar-refractivity contribution in [3.63, 3.8) is 0 Å². The summed E-state index contributed by atoms with van der Waals surface area (Å²) in [6, 6.07) is 0. The Balaban J connectivity index is 2.11. The minimum atomic E-state index is -1.09. The van der Waals surface area contributed by atoms with Crippen molar-refractivity contribution in [3.8, 4) is 0 Å². The predicted octanol–water partition coefficient (Wildman–Crippen LogP) is 2.06. The lowest BCUT2D eigenvalue weighted by molar-refractivity contribution is -0.123. The number of carbonyl (C=O) groups is 2. The third-order valence-corrected chi connectivity index (χ3v) is 5.25. The fraction of sp³-hybridized carbons (Fsp3) is 0.600. The molecule has 3 rings (SSSR count). The van der Waals surface area contributed by atoms with E-state index in [1.54, 1.807) is 0 Å². The number of hydrogen-bond acceptors (Lipinski definition) is 2. The number of allylic oxidation sites excluding steroid dienone is 2. The molecule has 0 amide bonds. The molecule has 0 aliphatic heterocycles. The van der Waals surface area contributed by atoms with Crippen molar-refractivity contribution in [1.29, 1.82) is 0 Å². The molecule has 0 aromatic carbocycles. The quantitative estimate of drug-likeness (QED) is 0.389. The summed E-state index contributed by atoms with van der Waals surface area (Å²) in [5, 5.41) is 0. The van der Waals surface area contributed by atoms with Crippen LogP contribution in [0.4, 0.5) is 0 Å². The fourth-order valence-corrected chi connectivity index (χ4v) is 4.13. The van der Waals surface area contributed by atoms with Gasteiger partial charge in [-0.2, -0.15) is 0 Å². The standard InChI is InChI=1S/C10H8Br2O2/c11-10(12)8(13)6-4-1-2-5(3-4)7(6)9(10)14/h1-2,4-7H,3H2. The highest BCUT2D eigenvalue weighted by Gasteiger charge is 2.65. The minimum absolute atomic E-state index is 0.0179. The van der Waals surface area contributed by atoms with Crippen molar-refractivity contribution in [2.45, 2.75) is 9.65 Å². The summed E-state index contributed by atoms with van der Waals surface area (Å²) >= 11 is 6.40. The summed E-state index contributed by atoms with van der Waals surface area (Å²) in [6.07, 6.45) is 5.18. The molecular weight excluding hydrogens is 312 g/mol. The number of Topliss-reactive ketones (excluding diaryl/α,β-unsaturated/α-hetero) is 2. The highest BCUT2D eigenvalue weighted by Crippen LogP contribution is 2.58. The molecule has 2 fully saturated rings. The highest BCUT2D eigenvalue weighted by molar-refractivity contribution is 9.26. The molecule has 0 aromatic heterocycles. The third-order valence-electron chi connectivity index (χ3n) is 3.68. The normalized spacial score (nSPS) is 47.6. The summed E-state index contributed by atoms with van der Waals surface area (Å²) in [5.41, 5.74) is 0. The van der Waals surface area contributed by atoms with E-state index in [1.807, 2.05) is 0 Å². The molecule has 0 aromatic rings. The second-order valence-corrected chi connectivity index (χ2v) is 7.75. The molecular formula is C10H8Br2O2. The van der Waals surface area contributed by atoms with Crippen LogP contribution in [0.1, 0.15) is 6.42 Å². The Morgan fingerprint density at radius 3 is 1.93 bits per heavy atom. The first-order valence-electron chi connectivity index (χ1n) is 4.68. The maximum atomic E-state index is 12.0. The van der Waals surface area contributed by atoms with Crippen LogP contribution in [0.2, 0.25) is 0 Å². The molecule has 3 aliphatic carbocycles. The first-order valence-corrected chi connectivity index (χ1v) is 6.27. The van der Waals surface area contributed by atoms with Gasteiger partial charge in [-0.1, -0.05) is 44.0 Å². The average Bonchev–Trinajstić information content (AvgIpc) is 2.76. The minimum Gasteiger partial charge on any atom is -0.296 e. The van der Waals surface area contributed by atoms with Crippen molar-refractivity contribution in [2.75, 3.05) is 0 Å². The Morgan fingerprint density at radius 2 is 1.50 bits per heavy atom. The molecule has 2 bridgehead atoms. The Morgan fingerprint density at radius 1 is 1.07 bits per heavy atom. The third kappa shape index (κ3) is 0.871. The van der Waals surface area contributed by atoms with Gasteiger partial charge in [0.05, 0.1) is 0 Å². The van der Waals surface area contributed by atoms with Crippen LogP contribution in [0.3, 0.4) is 0 Å². The highest BCUT2D eigenvalue weighted by atomic mass is 79.9. The SMILES string of the molecule is O=C1C2C3C=CC(C3)C2C(=O)C1(Br)Br. The molecule has 74 valence electrons. The van der Waals surface area contributed by atoms with Gasteiger partial charge in [0.15, 0.2) is 14.8 Å². The molecule has 2 nitrogen and oxygen atoms in total. The van der Waals surface area contributed by atoms with Crippen molar-refractivity contribution < 1.29 is 9.59 Å². The van der Waals surface area contributed by atoms with Crippen molar-refractivity contribution in [1.82, 2.24) is 0 Å². The van der Waals surface area contributed by atoms with Crippen LogP contribution in [0.15, 0.2) is 12.2 Å². The van der Waals surface area contributed by atoms with Crippen molar-refractivity contribution in [3.05, 3.63) is 12.2 Å². The lowest BCUT2D eigenvalue weighted by Gasteiger charge is -2.16. The molecule has 4 unspecified atom stereocenters. The van der Waals surface area contributed by atoms with E-state index in [0.717, 1.165) is 6.42 Å². The number of ketones is 2. The van der Waals surface area contributed by atoms with Gasteiger partial charge in [0, 0.05) is 11.8 Å². The summed E-state index contributed by atoms with van der Waals surface area (Å²) < 4.78 is -1.09. The maximum absolute atomic E-state index is 12.0. The summed E-state index contributed by atoms with van der Waals surface area (Å²) in [7, 11) is 0. The molecule has 0 saturated heterocycles. The lowest BCUT2D eigenvalue weighted by Crippen LogP contribution is -2.30. The van der Waals surface area contributed by atoms with Crippen LogP contribution >= 0.6 is 31.9 Å². The zero-order valence-electron chi connectivity index (χ0n) is 7.24. The summed E-state index contributed by atoms with van der Waals surface area (Å²) in [4.78, 5) is 23.9. The van der Waals surface area contributed by atoms with Gasteiger partial charge < -0.3 is 0 Å². The Bertz CT molecular complexity index is 340. The molecule has 4 heteroatoms. The largest absolute Gasteiger partial charge is 0.296 e. The molecule has 0 N–H and O–H groups in total. The van der Waals surface area contributed by atoms with Gasteiger partial charge in [0.1, 0.15) is 0 Å². The van der Waals surface area contributed by atoms with Gasteiger partial charge in [0.2, 0.25) is 0 Å². The fourth-order valence-electron chi connectivity index (χ4n) is 3.08. The lowest BCUT2D eigenvalue weighted by atomic mass is 9.85. The number of hydrogen-bond donors (Lipinski definition) is 0. The molecule has 0 spiro atoms. The number of rotatable bonds is 0. The number of halogens is 2. The zero-order chi connectivity index (χ0) is 10.1. The van der Waals surface area contributed by atoms with Crippen LogP contribution in [-0.4, -0.2) is 14.8 Å². The second kappa shape index (κ2) is 2.59. The molecule has 3 aliphatic rings. The average molecular weight is 320 g/mol. The molecule has 0 radical (unpaired) electrons. The predicted molar refractivity (Wildman–Crippen MR) is 58.3 cm³/mol. The Hall–Kier alpha value is 0.0400. The summed E-state index contributed by atoms with van der Waals surface area (Å²) in [5.74, 6) is 0.498. The maximum Gasteiger partial charge on any atom is 0.196 e. The van der Waals surface area contributed by atoms with E-state index in [0.29, 0.717) is 11.8 Å². The van der Waals surface area contributed by atoms with Gasteiger partial charge in [-0.3, -0.25) is 9.59 Å². The Kier molecular flexibility index (Phi) is 1.71. The van der Waals surface area contributed by atoms with Gasteiger partial charge in [0.25, 0.3) is 0 Å². The van der Waals surface area contributed by atoms with Gasteiger partial charge in [-0.25, -0.2) is 0 Å². The van der Waals surface area contributed by atoms with Gasteiger partial charge in [-0.15, -0.1) is 0 Å². The zero-order valence-corrected chi connectivity index (χ0v) is 10.4. The first-order chi connectivity index (χ1) is 6.53. The Labute approximate surface area is 98.4 Å². The van der Waals surface area contributed by atoms with Crippen LogP contribution in [0.25, 0.3) is 0 Å². The smallest absolute Gasteiger partial charge is 0.196 e. The van der Waals surface area contributed by atoms with E-state index in [9.17, 15) is 9.59 Å². The van der Waals surface area contributed by atoms with E-state index < -0.39 is 3.23 Å². The van der Waals surface area contributed by atoms with Crippen LogP contribution in [0.5, 0.6) is 0 Å². The second-order valence-electron chi connectivity index (χ2n) is 4.30. The number of alkyl halides is 2. The first kappa shape index (κ1) is 9.28. The summed E-state index contributed by atoms with van der Waals surface area (Å²) in [6.45, 7) is 0. The van der Waals surface area contributed by atoms with E-state index in [-0.39, 0.29) is 23.4 Å². The van der Waals surface area contributed by atoms with Crippen LogP contribution in [0, 0.1) is 23.7 Å². The van der Waals surface area contributed by atoms with Crippen LogP contribution < -0.4 is 0 Å². The van der Waals surface area contributed by atoms with Gasteiger partial charge >= 0.3 is 0 Å². The molecule has 0 heterocycles. The monoisotopic (exact) mass is 318 g/mol. The van der Waals surface area contributed by atoms with E-state index in [1.165, 1.54) is 0 Å². The van der Waals surface area contributed by atoms with Crippen LogP contribution in [-0.2, 0) is 9.59 Å². The molecule has 4 atom stereocenters. The van der Waals surface area contributed by atoms with Crippen molar-refractivity contribution >= 4 is 43.4 Å². The molecule has 14 heavy (non-hydrogen) atoms. The molecule has 2 saturated carbocycles. The van der Waals surface area contributed by atoms with E-state index in [2.05, 4.69) is 44.0 Å². The number of fused-ring (bicyclic) bond motifs is 5. The van der Waals surface area contributed by atoms with Crippen molar-refractivity contribution in [2.24, 2.45) is 23.7 Å². The van der Waals surface area contributed by atoms with Gasteiger partial charge in [-0.05, 0) is 18.3 Å². The van der Waals surface area contributed by atoms with E-state index in [4.69, 9.17) is 0 Å². The topological polar surface area (TPSA) is 34.1 Å². The van der Waals surface area contributed by atoms with E-state index >= 15 is 0 Å².